The minimum atomic E-state index is -3.18. The van der Waals surface area contributed by atoms with Gasteiger partial charge in [0, 0.05) is 17.1 Å². The van der Waals surface area contributed by atoms with Crippen LogP contribution < -0.4 is 10.0 Å². The molecule has 1 saturated heterocycles. The lowest BCUT2D eigenvalue weighted by Gasteiger charge is -2.27. The van der Waals surface area contributed by atoms with Gasteiger partial charge in [0.1, 0.15) is 0 Å². The summed E-state index contributed by atoms with van der Waals surface area (Å²) in [5.74, 6) is 0.168. The van der Waals surface area contributed by atoms with Gasteiger partial charge in [-0.3, -0.25) is 0 Å². The highest BCUT2D eigenvalue weighted by Gasteiger charge is 2.23. The molecule has 1 aromatic rings. The zero-order valence-electron chi connectivity index (χ0n) is 9.32. The summed E-state index contributed by atoms with van der Waals surface area (Å²) in [4.78, 5) is 0. The van der Waals surface area contributed by atoms with Crippen molar-refractivity contribution in [2.75, 3.05) is 12.3 Å². The van der Waals surface area contributed by atoms with E-state index in [2.05, 4.69) is 26.0 Å². The first-order valence-corrected chi connectivity index (χ1v) is 7.95. The first-order valence-electron chi connectivity index (χ1n) is 5.50. The van der Waals surface area contributed by atoms with Crippen LogP contribution in [0.3, 0.4) is 0 Å². The van der Waals surface area contributed by atoms with Gasteiger partial charge in [-0.1, -0.05) is 28.1 Å². The average Bonchev–Trinajstić information content (AvgIpc) is 2.22. The zero-order chi connectivity index (χ0) is 12.3. The smallest absolute Gasteiger partial charge is 0.213 e. The van der Waals surface area contributed by atoms with E-state index in [0.29, 0.717) is 6.54 Å². The van der Waals surface area contributed by atoms with Gasteiger partial charge in [-0.05, 0) is 30.7 Å². The van der Waals surface area contributed by atoms with E-state index >= 15 is 0 Å². The van der Waals surface area contributed by atoms with Crippen molar-refractivity contribution in [1.29, 1.82) is 0 Å². The predicted molar refractivity (Wildman–Crippen MR) is 71.2 cm³/mol. The molecule has 2 N–H and O–H groups in total. The van der Waals surface area contributed by atoms with Crippen LogP contribution in [0.25, 0.3) is 0 Å². The molecular formula is C11H15BrN2O2S. The zero-order valence-corrected chi connectivity index (χ0v) is 11.7. The maximum atomic E-state index is 11.7. The Morgan fingerprint density at radius 2 is 2.24 bits per heavy atom. The van der Waals surface area contributed by atoms with E-state index < -0.39 is 10.0 Å². The lowest BCUT2D eigenvalue weighted by Crippen LogP contribution is -2.49. The monoisotopic (exact) mass is 318 g/mol. The van der Waals surface area contributed by atoms with E-state index in [9.17, 15) is 8.42 Å². The standard InChI is InChI=1S/C11H15BrN2O2S/c12-10-3-1-2-9(6-10)7-14-17(15,16)8-11-4-5-13-11/h1-3,6,11,13-14H,4-5,7-8H2. The van der Waals surface area contributed by atoms with Gasteiger partial charge in [-0.2, -0.15) is 0 Å². The number of benzene rings is 1. The van der Waals surface area contributed by atoms with E-state index in [0.717, 1.165) is 23.0 Å². The number of hydrogen-bond acceptors (Lipinski definition) is 3. The Morgan fingerprint density at radius 1 is 1.47 bits per heavy atom. The summed E-state index contributed by atoms with van der Waals surface area (Å²) in [6.45, 7) is 1.26. The first-order chi connectivity index (χ1) is 8.05. The Kier molecular flexibility index (Phi) is 4.19. The lowest BCUT2D eigenvalue weighted by molar-refractivity contribution is 0.397. The molecule has 1 atom stereocenters. The minimum absolute atomic E-state index is 0.120. The van der Waals surface area contributed by atoms with Gasteiger partial charge < -0.3 is 5.32 Å². The molecule has 1 fully saturated rings. The van der Waals surface area contributed by atoms with Crippen LogP contribution in [-0.2, 0) is 16.6 Å². The van der Waals surface area contributed by atoms with Crippen LogP contribution in [0.5, 0.6) is 0 Å². The van der Waals surface area contributed by atoms with Crippen LogP contribution in [0.1, 0.15) is 12.0 Å². The van der Waals surface area contributed by atoms with E-state index in [1.165, 1.54) is 0 Å². The third-order valence-electron chi connectivity index (χ3n) is 2.73. The largest absolute Gasteiger partial charge is 0.313 e. The number of halogens is 1. The molecule has 1 aliphatic heterocycles. The molecule has 1 heterocycles. The van der Waals surface area contributed by atoms with Crippen molar-refractivity contribution in [3.05, 3.63) is 34.3 Å². The molecule has 1 aliphatic rings. The molecule has 1 aromatic carbocycles. The van der Waals surface area contributed by atoms with Crippen LogP contribution in [0.15, 0.2) is 28.7 Å². The fourth-order valence-corrected chi connectivity index (χ4v) is 3.42. The fourth-order valence-electron chi connectivity index (χ4n) is 1.65. The molecule has 6 heteroatoms. The SMILES string of the molecule is O=S(=O)(CC1CCN1)NCc1cccc(Br)c1. The molecular weight excluding hydrogens is 304 g/mol. The van der Waals surface area contributed by atoms with E-state index in [1.807, 2.05) is 24.3 Å². The molecule has 0 spiro atoms. The van der Waals surface area contributed by atoms with Gasteiger partial charge in [0.2, 0.25) is 10.0 Å². The van der Waals surface area contributed by atoms with Gasteiger partial charge in [-0.25, -0.2) is 13.1 Å². The lowest BCUT2D eigenvalue weighted by atomic mass is 10.1. The van der Waals surface area contributed by atoms with Crippen molar-refractivity contribution >= 4 is 26.0 Å². The van der Waals surface area contributed by atoms with Crippen LogP contribution in [0.2, 0.25) is 0 Å². The van der Waals surface area contributed by atoms with E-state index in [4.69, 9.17) is 0 Å². The normalized spacial score (nSPS) is 19.9. The van der Waals surface area contributed by atoms with Gasteiger partial charge in [0.25, 0.3) is 0 Å². The number of hydrogen-bond donors (Lipinski definition) is 2. The summed E-state index contributed by atoms with van der Waals surface area (Å²) in [6, 6.07) is 7.73. The summed E-state index contributed by atoms with van der Waals surface area (Å²) in [6.07, 6.45) is 0.942. The predicted octanol–water partition coefficient (Wildman–Crippen LogP) is 1.23. The molecule has 0 saturated carbocycles. The Bertz CT molecular complexity index is 486. The average molecular weight is 319 g/mol. The second-order valence-corrected chi connectivity index (χ2v) is 6.94. The van der Waals surface area contributed by atoms with Crippen molar-refractivity contribution in [3.8, 4) is 0 Å². The Labute approximate surface area is 110 Å². The fraction of sp³-hybridized carbons (Fsp3) is 0.455. The van der Waals surface area contributed by atoms with Crippen LogP contribution in [-0.4, -0.2) is 26.8 Å². The summed E-state index contributed by atoms with van der Waals surface area (Å²) in [7, 11) is -3.18. The van der Waals surface area contributed by atoms with Crippen molar-refractivity contribution < 1.29 is 8.42 Å². The molecule has 0 aromatic heterocycles. The second kappa shape index (κ2) is 5.48. The van der Waals surface area contributed by atoms with Crippen molar-refractivity contribution in [2.45, 2.75) is 19.0 Å². The summed E-state index contributed by atoms with van der Waals surface area (Å²) < 4.78 is 27.0. The molecule has 0 bridgehead atoms. The summed E-state index contributed by atoms with van der Waals surface area (Å²) >= 11 is 3.36. The molecule has 4 nitrogen and oxygen atoms in total. The second-order valence-electron chi connectivity index (χ2n) is 4.17. The number of rotatable bonds is 5. The van der Waals surface area contributed by atoms with Crippen molar-refractivity contribution in [3.63, 3.8) is 0 Å². The van der Waals surface area contributed by atoms with Crippen LogP contribution in [0.4, 0.5) is 0 Å². The number of sulfonamides is 1. The Balaban J connectivity index is 1.88. The van der Waals surface area contributed by atoms with Crippen molar-refractivity contribution in [2.24, 2.45) is 0 Å². The molecule has 0 aliphatic carbocycles. The van der Waals surface area contributed by atoms with Crippen LogP contribution in [0, 0.1) is 0 Å². The maximum absolute atomic E-state index is 11.7. The highest BCUT2D eigenvalue weighted by atomic mass is 79.9. The molecule has 1 unspecified atom stereocenters. The van der Waals surface area contributed by atoms with Gasteiger partial charge in [0.15, 0.2) is 0 Å². The third kappa shape index (κ3) is 4.06. The summed E-state index contributed by atoms with van der Waals surface area (Å²) in [5, 5.41) is 3.08. The number of nitrogens with one attached hydrogen (secondary N) is 2. The third-order valence-corrected chi connectivity index (χ3v) is 4.65. The first kappa shape index (κ1) is 13.0. The molecule has 0 radical (unpaired) electrons. The highest BCUT2D eigenvalue weighted by molar-refractivity contribution is 9.10. The molecule has 0 amide bonds. The molecule has 2 rings (SSSR count). The van der Waals surface area contributed by atoms with E-state index in [1.54, 1.807) is 0 Å². The highest BCUT2D eigenvalue weighted by Crippen LogP contribution is 2.12. The van der Waals surface area contributed by atoms with E-state index in [-0.39, 0.29) is 11.8 Å². The maximum Gasteiger partial charge on any atom is 0.213 e. The quantitative estimate of drug-likeness (QED) is 0.858. The van der Waals surface area contributed by atoms with Gasteiger partial charge in [-0.15, -0.1) is 0 Å². The van der Waals surface area contributed by atoms with Gasteiger partial charge >= 0.3 is 0 Å². The molecule has 94 valence electrons. The topological polar surface area (TPSA) is 58.2 Å². The molecule has 17 heavy (non-hydrogen) atoms. The van der Waals surface area contributed by atoms with Crippen LogP contribution >= 0.6 is 15.9 Å². The minimum Gasteiger partial charge on any atom is -0.313 e. The van der Waals surface area contributed by atoms with Gasteiger partial charge in [0.05, 0.1) is 5.75 Å². The van der Waals surface area contributed by atoms with Crippen molar-refractivity contribution in [1.82, 2.24) is 10.0 Å². The Morgan fingerprint density at radius 3 is 2.82 bits per heavy atom. The Hall–Kier alpha value is -0.430. The summed E-state index contributed by atoms with van der Waals surface area (Å²) in [5.41, 5.74) is 0.949.